The zero-order chi connectivity index (χ0) is 22.5. The molecule has 0 saturated heterocycles. The first-order chi connectivity index (χ1) is 15.6. The number of aromatic nitrogens is 3. The van der Waals surface area contributed by atoms with Crippen molar-refractivity contribution in [1.29, 1.82) is 0 Å². The summed E-state index contributed by atoms with van der Waals surface area (Å²) in [5.74, 6) is 1.79. The Morgan fingerprint density at radius 3 is 2.41 bits per heavy atom. The molecule has 164 valence electrons. The number of amides is 1. The summed E-state index contributed by atoms with van der Waals surface area (Å²) in [5.41, 5.74) is 4.23. The van der Waals surface area contributed by atoms with Gasteiger partial charge in [-0.1, -0.05) is 61.2 Å². The van der Waals surface area contributed by atoms with E-state index >= 15 is 0 Å². The molecule has 32 heavy (non-hydrogen) atoms. The number of nitrogens with zero attached hydrogens (tertiary/aromatic N) is 4. The van der Waals surface area contributed by atoms with E-state index in [9.17, 15) is 4.79 Å². The number of rotatable bonds is 8. The van der Waals surface area contributed by atoms with Crippen molar-refractivity contribution in [3.63, 3.8) is 0 Å². The third-order valence-corrected chi connectivity index (χ3v) is 6.26. The number of hydrogen-bond donors (Lipinski definition) is 0. The molecular weight excluding hydrogens is 420 g/mol. The van der Waals surface area contributed by atoms with Gasteiger partial charge in [0.15, 0.2) is 11.0 Å². The van der Waals surface area contributed by atoms with Crippen molar-refractivity contribution in [2.24, 2.45) is 0 Å². The maximum atomic E-state index is 12.8. The number of aryl methyl sites for hydroxylation is 2. The van der Waals surface area contributed by atoms with Crippen LogP contribution in [0.3, 0.4) is 0 Å². The van der Waals surface area contributed by atoms with E-state index in [4.69, 9.17) is 4.42 Å². The van der Waals surface area contributed by atoms with Crippen LogP contribution in [0.5, 0.6) is 0 Å². The summed E-state index contributed by atoms with van der Waals surface area (Å²) in [6, 6.07) is 20.2. The first-order valence-electron chi connectivity index (χ1n) is 10.6. The third-order valence-electron chi connectivity index (χ3n) is 5.35. The fourth-order valence-corrected chi connectivity index (χ4v) is 4.34. The van der Waals surface area contributed by atoms with Gasteiger partial charge in [0.05, 0.1) is 17.6 Å². The van der Waals surface area contributed by atoms with Crippen molar-refractivity contribution in [2.75, 3.05) is 12.8 Å². The zero-order valence-electron chi connectivity index (χ0n) is 18.5. The minimum Gasteiger partial charge on any atom is -0.469 e. The second kappa shape index (κ2) is 9.87. The minimum atomic E-state index is 0.0400. The first kappa shape index (κ1) is 21.9. The molecular formula is C25H26N4O2S. The van der Waals surface area contributed by atoms with E-state index in [0.717, 1.165) is 29.0 Å². The van der Waals surface area contributed by atoms with Gasteiger partial charge in [-0.05, 0) is 42.7 Å². The average Bonchev–Trinajstić information content (AvgIpc) is 3.44. The molecule has 6 nitrogen and oxygen atoms in total. The van der Waals surface area contributed by atoms with Crippen LogP contribution in [0.15, 0.2) is 76.5 Å². The smallest absolute Gasteiger partial charge is 0.233 e. The first-order valence-corrected chi connectivity index (χ1v) is 11.5. The van der Waals surface area contributed by atoms with Crippen molar-refractivity contribution in [2.45, 2.75) is 32.0 Å². The largest absolute Gasteiger partial charge is 0.469 e. The second-order valence-electron chi connectivity index (χ2n) is 7.58. The summed E-state index contributed by atoms with van der Waals surface area (Å²) in [6.45, 7) is 4.61. The maximum Gasteiger partial charge on any atom is 0.233 e. The van der Waals surface area contributed by atoms with Crippen LogP contribution in [0.1, 0.15) is 23.8 Å². The lowest BCUT2D eigenvalue weighted by Gasteiger charge is -2.17. The summed E-state index contributed by atoms with van der Waals surface area (Å²) in [6.07, 6.45) is 2.65. The minimum absolute atomic E-state index is 0.0400. The Balaban J connectivity index is 1.51. The lowest BCUT2D eigenvalue weighted by molar-refractivity contribution is -0.127. The number of benzene rings is 2. The molecule has 2 aromatic heterocycles. The topological polar surface area (TPSA) is 64.2 Å². The molecule has 0 aliphatic carbocycles. The van der Waals surface area contributed by atoms with Gasteiger partial charge in [-0.25, -0.2) is 0 Å². The highest BCUT2D eigenvalue weighted by Crippen LogP contribution is 2.30. The average molecular weight is 447 g/mol. The van der Waals surface area contributed by atoms with Crippen LogP contribution < -0.4 is 0 Å². The van der Waals surface area contributed by atoms with Gasteiger partial charge in [-0.2, -0.15) is 0 Å². The highest BCUT2D eigenvalue weighted by Gasteiger charge is 2.20. The van der Waals surface area contributed by atoms with Crippen LogP contribution in [0.4, 0.5) is 0 Å². The van der Waals surface area contributed by atoms with E-state index in [1.165, 1.54) is 17.3 Å². The third kappa shape index (κ3) is 4.78. The zero-order valence-corrected chi connectivity index (χ0v) is 19.3. The lowest BCUT2D eigenvalue weighted by Crippen LogP contribution is -2.27. The molecule has 4 aromatic rings. The predicted molar refractivity (Wildman–Crippen MR) is 127 cm³/mol. The number of carbonyl (C=O) groups is 1. The number of hydrogen-bond acceptors (Lipinski definition) is 5. The van der Waals surface area contributed by atoms with Crippen molar-refractivity contribution in [3.05, 3.63) is 83.8 Å². The molecule has 0 bridgehead atoms. The van der Waals surface area contributed by atoms with Crippen molar-refractivity contribution >= 4 is 17.7 Å². The van der Waals surface area contributed by atoms with Gasteiger partial charge in [0.1, 0.15) is 5.76 Å². The quantitative estimate of drug-likeness (QED) is 0.350. The van der Waals surface area contributed by atoms with Crippen LogP contribution in [0.25, 0.3) is 17.1 Å². The number of para-hydroxylation sites is 1. The van der Waals surface area contributed by atoms with Crippen molar-refractivity contribution in [3.8, 4) is 17.1 Å². The van der Waals surface area contributed by atoms with E-state index in [2.05, 4.69) is 41.4 Å². The summed E-state index contributed by atoms with van der Waals surface area (Å²) >= 11 is 1.39. The molecule has 0 unspecified atom stereocenters. The standard InChI is InChI=1S/C25H26N4O2S/c1-4-19-10-12-20(13-11-19)16-28(3)23(30)17-32-25-27-26-24(22-14-15-31-18(22)2)29(25)21-8-6-5-7-9-21/h5-15H,4,16-17H2,1-3H3. The van der Waals surface area contributed by atoms with E-state index in [-0.39, 0.29) is 11.7 Å². The molecule has 4 rings (SSSR count). The monoisotopic (exact) mass is 446 g/mol. The lowest BCUT2D eigenvalue weighted by atomic mass is 10.1. The molecule has 0 fully saturated rings. The summed E-state index contributed by atoms with van der Waals surface area (Å²) in [5, 5.41) is 9.46. The van der Waals surface area contributed by atoms with Gasteiger partial charge >= 0.3 is 0 Å². The molecule has 2 aromatic carbocycles. The summed E-state index contributed by atoms with van der Waals surface area (Å²) < 4.78 is 7.44. The number of carbonyl (C=O) groups excluding carboxylic acids is 1. The van der Waals surface area contributed by atoms with Crippen LogP contribution in [-0.2, 0) is 17.8 Å². The summed E-state index contributed by atoms with van der Waals surface area (Å²) in [4.78, 5) is 14.6. The SMILES string of the molecule is CCc1ccc(CN(C)C(=O)CSc2nnc(-c3ccoc3C)n2-c2ccccc2)cc1. The Morgan fingerprint density at radius 1 is 1.03 bits per heavy atom. The highest BCUT2D eigenvalue weighted by molar-refractivity contribution is 7.99. The predicted octanol–water partition coefficient (Wildman–Crippen LogP) is 5.15. The van der Waals surface area contributed by atoms with E-state index < -0.39 is 0 Å². The Hall–Kier alpha value is -3.32. The number of furan rings is 1. The van der Waals surface area contributed by atoms with Crippen molar-refractivity contribution < 1.29 is 9.21 Å². The molecule has 7 heteroatoms. The van der Waals surface area contributed by atoms with Crippen LogP contribution >= 0.6 is 11.8 Å². The Kier molecular flexibility index (Phi) is 6.75. The van der Waals surface area contributed by atoms with Gasteiger partial charge in [0.2, 0.25) is 5.91 Å². The fraction of sp³-hybridized carbons (Fsp3) is 0.240. The normalized spacial score (nSPS) is 11.0. The van der Waals surface area contributed by atoms with Gasteiger partial charge in [-0.15, -0.1) is 10.2 Å². The molecule has 1 amide bonds. The van der Waals surface area contributed by atoms with Gasteiger partial charge in [-0.3, -0.25) is 9.36 Å². The summed E-state index contributed by atoms with van der Waals surface area (Å²) in [7, 11) is 1.83. The van der Waals surface area contributed by atoms with Crippen LogP contribution in [-0.4, -0.2) is 38.4 Å². The Bertz CT molecular complexity index is 1180. The van der Waals surface area contributed by atoms with Gasteiger partial charge in [0.25, 0.3) is 0 Å². The Morgan fingerprint density at radius 2 is 1.75 bits per heavy atom. The fourth-order valence-electron chi connectivity index (χ4n) is 3.44. The molecule has 0 atom stereocenters. The van der Waals surface area contributed by atoms with Gasteiger partial charge in [0, 0.05) is 19.3 Å². The molecule has 0 aliphatic rings. The molecule has 0 saturated carbocycles. The molecule has 2 heterocycles. The Labute approximate surface area is 192 Å². The van der Waals surface area contributed by atoms with Crippen LogP contribution in [0.2, 0.25) is 0 Å². The molecule has 0 aliphatic heterocycles. The van der Waals surface area contributed by atoms with Crippen LogP contribution in [0, 0.1) is 6.92 Å². The van der Waals surface area contributed by atoms with E-state index in [1.54, 1.807) is 11.2 Å². The van der Waals surface area contributed by atoms with Gasteiger partial charge < -0.3 is 9.32 Å². The molecule has 0 spiro atoms. The maximum absolute atomic E-state index is 12.8. The van der Waals surface area contributed by atoms with Crippen molar-refractivity contribution in [1.82, 2.24) is 19.7 Å². The number of thioether (sulfide) groups is 1. The highest BCUT2D eigenvalue weighted by atomic mass is 32.2. The second-order valence-corrected chi connectivity index (χ2v) is 8.52. The van der Waals surface area contributed by atoms with E-state index in [0.29, 0.717) is 17.5 Å². The van der Waals surface area contributed by atoms with E-state index in [1.807, 2.05) is 54.9 Å². The molecule has 0 radical (unpaired) electrons. The molecule has 0 N–H and O–H groups in total.